The first-order chi connectivity index (χ1) is 18.2. The lowest BCUT2D eigenvalue weighted by Gasteiger charge is -2.30. The molecule has 0 aliphatic carbocycles. The zero-order chi connectivity index (χ0) is 28.5. The summed E-state index contributed by atoms with van der Waals surface area (Å²) in [6.45, 7) is 1.83. The Kier molecular flexibility index (Phi) is 10.8. The van der Waals surface area contributed by atoms with E-state index < -0.39 is 22.5 Å². The van der Waals surface area contributed by atoms with Gasteiger partial charge in [0, 0.05) is 16.9 Å². The minimum absolute atomic E-state index is 0.0137. The summed E-state index contributed by atoms with van der Waals surface area (Å²) in [5, 5.41) is 33.3. The van der Waals surface area contributed by atoms with E-state index in [1.165, 1.54) is 42.7 Å². The van der Waals surface area contributed by atoms with Crippen molar-refractivity contribution in [3.8, 4) is 40.6 Å². The molecule has 208 valence electrons. The number of nitriles is 1. The van der Waals surface area contributed by atoms with E-state index in [-0.39, 0.29) is 25.0 Å². The van der Waals surface area contributed by atoms with Gasteiger partial charge >= 0.3 is 0 Å². The maximum Gasteiger partial charge on any atom is 0.242 e. The quantitative estimate of drug-likeness (QED) is 0.265. The Morgan fingerprint density at radius 2 is 1.53 bits per heavy atom. The third-order valence-corrected chi connectivity index (χ3v) is 6.80. The summed E-state index contributed by atoms with van der Waals surface area (Å²) < 4.78 is 32.6. The van der Waals surface area contributed by atoms with Gasteiger partial charge in [0.2, 0.25) is 17.5 Å². The van der Waals surface area contributed by atoms with Crippen LogP contribution in [0.4, 0.5) is 0 Å². The van der Waals surface area contributed by atoms with Crippen LogP contribution in [-0.2, 0) is 11.8 Å². The lowest BCUT2D eigenvalue weighted by Crippen LogP contribution is -2.37. The number of ether oxygens (including phenoxy) is 6. The molecule has 0 radical (unpaired) electrons. The molecule has 0 spiro atoms. The molecule has 11 heteroatoms. The Morgan fingerprint density at radius 1 is 0.921 bits per heavy atom. The molecule has 0 saturated carbocycles. The zero-order valence-electron chi connectivity index (χ0n) is 22.9. The van der Waals surface area contributed by atoms with E-state index in [0.29, 0.717) is 46.3 Å². The van der Waals surface area contributed by atoms with Crippen LogP contribution in [0.15, 0.2) is 24.3 Å². The van der Waals surface area contributed by atoms with Crippen molar-refractivity contribution in [2.24, 2.45) is 0 Å². The van der Waals surface area contributed by atoms with E-state index in [9.17, 15) is 20.5 Å². The molecule has 0 saturated heterocycles. The van der Waals surface area contributed by atoms with E-state index in [2.05, 4.69) is 6.07 Å². The smallest absolute Gasteiger partial charge is 0.242 e. The van der Waals surface area contributed by atoms with Crippen molar-refractivity contribution < 1.29 is 38.5 Å². The summed E-state index contributed by atoms with van der Waals surface area (Å²) >= 11 is 0. The molecule has 1 N–H and O–H groups in total. The number of hydrogen-bond acceptors (Lipinski definition) is 10. The second-order valence-electron chi connectivity index (χ2n) is 8.63. The number of aliphatic hydroxyl groups is 1. The SMILES string of the molecule is CCC(C#N)(CCC(O)C(Cc1ccc(OC)c(OC)c1)[N+](=O)[O-])c1cc(OC)c(OC)c(OC)c1OC. The van der Waals surface area contributed by atoms with E-state index >= 15 is 0 Å². The van der Waals surface area contributed by atoms with Crippen LogP contribution in [0, 0.1) is 21.4 Å². The Bertz CT molecular complexity index is 1150. The Balaban J connectivity index is 2.42. The van der Waals surface area contributed by atoms with Crippen LogP contribution >= 0.6 is 0 Å². The molecule has 2 aromatic rings. The molecular formula is C27H36N2O9. The van der Waals surface area contributed by atoms with E-state index in [1.54, 1.807) is 24.3 Å². The highest BCUT2D eigenvalue weighted by molar-refractivity contribution is 5.65. The predicted molar refractivity (Wildman–Crippen MR) is 140 cm³/mol. The van der Waals surface area contributed by atoms with Crippen molar-refractivity contribution in [1.29, 1.82) is 5.26 Å². The van der Waals surface area contributed by atoms with Crippen LogP contribution < -0.4 is 28.4 Å². The van der Waals surface area contributed by atoms with Gasteiger partial charge in [0.1, 0.15) is 6.10 Å². The minimum Gasteiger partial charge on any atom is -0.493 e. The van der Waals surface area contributed by atoms with Crippen molar-refractivity contribution in [2.45, 2.75) is 50.2 Å². The monoisotopic (exact) mass is 532 g/mol. The van der Waals surface area contributed by atoms with Crippen molar-refractivity contribution in [3.63, 3.8) is 0 Å². The summed E-state index contributed by atoms with van der Waals surface area (Å²) in [6, 6.07) is 7.70. The van der Waals surface area contributed by atoms with Gasteiger partial charge in [-0.15, -0.1) is 0 Å². The number of hydrogen-bond donors (Lipinski definition) is 1. The molecule has 0 aromatic heterocycles. The van der Waals surface area contributed by atoms with Crippen molar-refractivity contribution in [1.82, 2.24) is 0 Å². The maximum atomic E-state index is 12.0. The van der Waals surface area contributed by atoms with Crippen LogP contribution in [0.2, 0.25) is 0 Å². The largest absolute Gasteiger partial charge is 0.493 e. The molecular weight excluding hydrogens is 496 g/mol. The van der Waals surface area contributed by atoms with Crippen LogP contribution in [0.25, 0.3) is 0 Å². The number of nitro groups is 1. The van der Waals surface area contributed by atoms with Crippen LogP contribution in [0.5, 0.6) is 34.5 Å². The Labute approximate surface area is 222 Å². The highest BCUT2D eigenvalue weighted by Gasteiger charge is 2.40. The highest BCUT2D eigenvalue weighted by Crippen LogP contribution is 2.51. The van der Waals surface area contributed by atoms with Gasteiger partial charge in [0.15, 0.2) is 23.0 Å². The lowest BCUT2D eigenvalue weighted by atomic mass is 9.74. The first kappa shape index (κ1) is 30.3. The van der Waals surface area contributed by atoms with Gasteiger partial charge in [-0.2, -0.15) is 5.26 Å². The second-order valence-corrected chi connectivity index (χ2v) is 8.63. The third-order valence-electron chi connectivity index (χ3n) is 6.80. The molecule has 11 nitrogen and oxygen atoms in total. The maximum absolute atomic E-state index is 12.0. The average molecular weight is 533 g/mol. The highest BCUT2D eigenvalue weighted by atomic mass is 16.6. The summed E-state index contributed by atoms with van der Waals surface area (Å²) in [5.74, 6) is 2.13. The molecule has 0 aliphatic rings. The van der Waals surface area contributed by atoms with E-state index in [1.807, 2.05) is 6.92 Å². The normalized spacial score (nSPS) is 13.9. The molecule has 0 amide bonds. The Morgan fingerprint density at radius 3 is 2.00 bits per heavy atom. The summed E-state index contributed by atoms with van der Waals surface area (Å²) in [4.78, 5) is 11.5. The van der Waals surface area contributed by atoms with Crippen LogP contribution in [0.1, 0.15) is 37.3 Å². The van der Waals surface area contributed by atoms with Gasteiger partial charge in [-0.3, -0.25) is 10.1 Å². The van der Waals surface area contributed by atoms with Crippen molar-refractivity contribution in [2.75, 3.05) is 42.7 Å². The molecule has 3 atom stereocenters. The molecule has 0 fully saturated rings. The average Bonchev–Trinajstić information content (AvgIpc) is 2.94. The summed E-state index contributed by atoms with van der Waals surface area (Å²) in [7, 11) is 8.80. The van der Waals surface area contributed by atoms with Crippen molar-refractivity contribution >= 4 is 0 Å². The van der Waals surface area contributed by atoms with Gasteiger partial charge in [0.05, 0.1) is 54.1 Å². The summed E-state index contributed by atoms with van der Waals surface area (Å²) in [6.07, 6.45) is -0.921. The second kappa shape index (κ2) is 13.6. The Hall–Kier alpha value is -3.91. The van der Waals surface area contributed by atoms with E-state index in [0.717, 1.165) is 0 Å². The molecule has 0 bridgehead atoms. The molecule has 0 aliphatic heterocycles. The van der Waals surface area contributed by atoms with E-state index in [4.69, 9.17) is 28.4 Å². The van der Waals surface area contributed by atoms with Gasteiger partial charge in [-0.05, 0) is 43.0 Å². The fourth-order valence-corrected chi connectivity index (χ4v) is 4.57. The molecule has 0 heterocycles. The predicted octanol–water partition coefficient (Wildman–Crippen LogP) is 3.94. The zero-order valence-corrected chi connectivity index (χ0v) is 22.9. The number of methoxy groups -OCH3 is 6. The standard InChI is InChI=1S/C27H36N2O9/c1-8-27(16-28,18-15-23(35-4)25(37-6)26(38-7)24(18)36-5)12-11-20(30)19(29(31)32)13-17-9-10-21(33-2)22(14-17)34-3/h9-10,14-15,19-20,30H,8,11-13H2,1-7H3. The number of nitrogens with zero attached hydrogens (tertiary/aromatic N) is 2. The van der Waals surface area contributed by atoms with Crippen LogP contribution in [-0.4, -0.2) is 64.8 Å². The van der Waals surface area contributed by atoms with Gasteiger partial charge < -0.3 is 33.5 Å². The fourth-order valence-electron chi connectivity index (χ4n) is 4.57. The first-order valence-electron chi connectivity index (χ1n) is 12.0. The number of benzene rings is 2. The first-order valence-corrected chi connectivity index (χ1v) is 12.0. The topological polar surface area (TPSA) is 143 Å². The third kappa shape index (κ3) is 6.14. The number of rotatable bonds is 15. The molecule has 2 rings (SSSR count). The minimum atomic E-state index is -1.33. The van der Waals surface area contributed by atoms with Gasteiger partial charge in [-0.1, -0.05) is 13.0 Å². The fraction of sp³-hybridized carbons (Fsp3) is 0.519. The van der Waals surface area contributed by atoms with Gasteiger partial charge in [-0.25, -0.2) is 0 Å². The number of aliphatic hydroxyl groups excluding tert-OH is 1. The lowest BCUT2D eigenvalue weighted by molar-refractivity contribution is -0.534. The van der Waals surface area contributed by atoms with Crippen molar-refractivity contribution in [3.05, 3.63) is 45.5 Å². The molecule has 38 heavy (non-hydrogen) atoms. The molecule has 2 aromatic carbocycles. The molecule has 3 unspecified atom stereocenters. The van der Waals surface area contributed by atoms with Gasteiger partial charge in [0.25, 0.3) is 0 Å². The van der Waals surface area contributed by atoms with Crippen LogP contribution in [0.3, 0.4) is 0 Å². The summed E-state index contributed by atoms with van der Waals surface area (Å²) in [5.41, 5.74) is -0.0788.